The first-order valence-electron chi connectivity index (χ1n) is 6.91. The molecule has 0 fully saturated rings. The molecular weight excluding hydrogens is 268 g/mol. The number of hydrogen-bond donors (Lipinski definition) is 2. The zero-order chi connectivity index (χ0) is 16.2. The number of urea groups is 1. The van der Waals surface area contributed by atoms with Crippen molar-refractivity contribution in [2.75, 3.05) is 7.05 Å². The minimum absolute atomic E-state index is 0.390. The molecule has 1 aromatic carbocycles. The van der Waals surface area contributed by atoms with Gasteiger partial charge in [-0.05, 0) is 17.9 Å². The van der Waals surface area contributed by atoms with Crippen molar-refractivity contribution in [2.24, 2.45) is 5.41 Å². The molecule has 5 heteroatoms. The lowest BCUT2D eigenvalue weighted by Crippen LogP contribution is -2.52. The Morgan fingerprint density at radius 3 is 2.43 bits per heavy atom. The molecule has 2 N–H and O–H groups in total. The summed E-state index contributed by atoms with van der Waals surface area (Å²) in [6, 6.07) is 6.55. The van der Waals surface area contributed by atoms with Crippen LogP contribution >= 0.6 is 0 Å². The molecular formula is C16H24N2O3. The predicted molar refractivity (Wildman–Crippen MR) is 82.1 cm³/mol. The second-order valence-electron chi connectivity index (χ2n) is 6.43. The van der Waals surface area contributed by atoms with E-state index in [2.05, 4.69) is 5.32 Å². The molecule has 0 saturated heterocycles. The van der Waals surface area contributed by atoms with Crippen molar-refractivity contribution in [3.63, 3.8) is 0 Å². The maximum atomic E-state index is 12.1. The average Bonchev–Trinajstić information content (AvgIpc) is 2.33. The topological polar surface area (TPSA) is 69.6 Å². The summed E-state index contributed by atoms with van der Waals surface area (Å²) in [5.74, 6) is -1.03. The first-order chi connectivity index (χ1) is 9.61. The molecule has 0 radical (unpaired) electrons. The lowest BCUT2D eigenvalue weighted by Gasteiger charge is -2.29. The van der Waals surface area contributed by atoms with Crippen LogP contribution in [0.2, 0.25) is 0 Å². The molecule has 0 bridgehead atoms. The average molecular weight is 292 g/mol. The van der Waals surface area contributed by atoms with Gasteiger partial charge < -0.3 is 15.3 Å². The van der Waals surface area contributed by atoms with E-state index in [1.807, 2.05) is 31.2 Å². The molecule has 21 heavy (non-hydrogen) atoms. The van der Waals surface area contributed by atoms with E-state index in [1.165, 1.54) is 4.90 Å². The minimum Gasteiger partial charge on any atom is -0.480 e. The Kier molecular flexibility index (Phi) is 5.35. The number of rotatable bonds is 4. The number of aryl methyl sites for hydroxylation is 1. The second-order valence-corrected chi connectivity index (χ2v) is 6.43. The summed E-state index contributed by atoms with van der Waals surface area (Å²) >= 11 is 0. The van der Waals surface area contributed by atoms with Gasteiger partial charge in [0.05, 0.1) is 0 Å². The fraction of sp³-hybridized carbons (Fsp3) is 0.500. The Bertz CT molecular complexity index is 520. The fourth-order valence-electron chi connectivity index (χ4n) is 2.04. The zero-order valence-electron chi connectivity index (χ0n) is 13.3. The van der Waals surface area contributed by atoms with Crippen molar-refractivity contribution in [1.29, 1.82) is 0 Å². The zero-order valence-corrected chi connectivity index (χ0v) is 13.3. The van der Waals surface area contributed by atoms with Crippen molar-refractivity contribution < 1.29 is 14.7 Å². The molecule has 0 aromatic heterocycles. The maximum Gasteiger partial charge on any atom is 0.326 e. The monoisotopic (exact) mass is 292 g/mol. The van der Waals surface area contributed by atoms with Gasteiger partial charge in [0, 0.05) is 13.6 Å². The highest BCUT2D eigenvalue weighted by atomic mass is 16.4. The number of carboxylic acid groups (broad SMARTS) is 1. The molecule has 0 aliphatic rings. The molecule has 2 amide bonds. The van der Waals surface area contributed by atoms with Crippen LogP contribution in [-0.4, -0.2) is 35.1 Å². The molecule has 0 aliphatic heterocycles. The lowest BCUT2D eigenvalue weighted by atomic mass is 9.87. The molecule has 1 rings (SSSR count). The summed E-state index contributed by atoms with van der Waals surface area (Å²) in [5.41, 5.74) is 1.58. The number of aliphatic carboxylic acids is 1. The fourth-order valence-corrected chi connectivity index (χ4v) is 2.04. The van der Waals surface area contributed by atoms with Crippen LogP contribution in [0.1, 0.15) is 31.9 Å². The smallest absolute Gasteiger partial charge is 0.326 e. The second kappa shape index (κ2) is 6.61. The molecule has 1 aromatic rings. The van der Waals surface area contributed by atoms with Crippen LogP contribution in [0.15, 0.2) is 24.3 Å². The van der Waals surface area contributed by atoms with Crippen LogP contribution in [-0.2, 0) is 11.3 Å². The number of carboxylic acids is 1. The first kappa shape index (κ1) is 17.0. The molecule has 116 valence electrons. The summed E-state index contributed by atoms with van der Waals surface area (Å²) in [4.78, 5) is 24.9. The number of carbonyl (C=O) groups is 2. The predicted octanol–water partition coefficient (Wildman–Crippen LogP) is 2.64. The van der Waals surface area contributed by atoms with Gasteiger partial charge in [-0.2, -0.15) is 0 Å². The Hall–Kier alpha value is -2.04. The third-order valence-corrected chi connectivity index (χ3v) is 3.23. The van der Waals surface area contributed by atoms with Crippen molar-refractivity contribution >= 4 is 12.0 Å². The number of amides is 2. The van der Waals surface area contributed by atoms with Gasteiger partial charge in [0.25, 0.3) is 0 Å². The van der Waals surface area contributed by atoms with Crippen LogP contribution in [0.3, 0.4) is 0 Å². The normalized spacial score (nSPS) is 12.6. The van der Waals surface area contributed by atoms with Gasteiger partial charge in [0.15, 0.2) is 0 Å². The van der Waals surface area contributed by atoms with E-state index in [-0.39, 0.29) is 6.03 Å². The van der Waals surface area contributed by atoms with E-state index in [1.54, 1.807) is 27.8 Å². The van der Waals surface area contributed by atoms with Gasteiger partial charge >= 0.3 is 12.0 Å². The minimum atomic E-state index is -1.03. The van der Waals surface area contributed by atoms with E-state index in [0.29, 0.717) is 6.54 Å². The van der Waals surface area contributed by atoms with E-state index in [4.69, 9.17) is 0 Å². The van der Waals surface area contributed by atoms with E-state index < -0.39 is 17.4 Å². The number of carbonyl (C=O) groups excluding carboxylic acids is 1. The summed E-state index contributed by atoms with van der Waals surface area (Å²) < 4.78 is 0. The van der Waals surface area contributed by atoms with Crippen LogP contribution in [0, 0.1) is 12.3 Å². The van der Waals surface area contributed by atoms with Crippen LogP contribution in [0.5, 0.6) is 0 Å². The van der Waals surface area contributed by atoms with Crippen LogP contribution in [0.25, 0.3) is 0 Å². The van der Waals surface area contributed by atoms with Crippen molar-refractivity contribution in [1.82, 2.24) is 10.2 Å². The standard InChI is InChI=1S/C16H24N2O3/c1-11-7-6-8-12(9-11)10-18(5)15(21)17-13(14(19)20)16(2,3)4/h6-9,13H,10H2,1-5H3,(H,17,21)(H,19,20)/t13-/m1/s1. The summed E-state index contributed by atoms with van der Waals surface area (Å²) in [6.07, 6.45) is 0. The number of benzene rings is 1. The van der Waals surface area contributed by atoms with Crippen molar-refractivity contribution in [2.45, 2.75) is 40.3 Å². The number of nitrogens with one attached hydrogen (secondary N) is 1. The summed E-state index contributed by atoms with van der Waals surface area (Å²) in [5, 5.41) is 11.8. The maximum absolute atomic E-state index is 12.1. The molecule has 0 unspecified atom stereocenters. The molecule has 0 spiro atoms. The van der Waals surface area contributed by atoms with Gasteiger partial charge in [0.1, 0.15) is 6.04 Å². The summed E-state index contributed by atoms with van der Waals surface area (Å²) in [7, 11) is 1.65. The van der Waals surface area contributed by atoms with Gasteiger partial charge in [0.2, 0.25) is 0 Å². The Morgan fingerprint density at radius 1 is 1.33 bits per heavy atom. The van der Waals surface area contributed by atoms with Gasteiger partial charge in [-0.1, -0.05) is 50.6 Å². The highest BCUT2D eigenvalue weighted by Gasteiger charge is 2.33. The van der Waals surface area contributed by atoms with E-state index in [0.717, 1.165) is 11.1 Å². The van der Waals surface area contributed by atoms with E-state index >= 15 is 0 Å². The van der Waals surface area contributed by atoms with E-state index in [9.17, 15) is 14.7 Å². The van der Waals surface area contributed by atoms with Crippen LogP contribution in [0.4, 0.5) is 4.79 Å². The van der Waals surface area contributed by atoms with Gasteiger partial charge in [-0.15, -0.1) is 0 Å². The third-order valence-electron chi connectivity index (χ3n) is 3.23. The van der Waals surface area contributed by atoms with Crippen molar-refractivity contribution in [3.05, 3.63) is 35.4 Å². The Balaban J connectivity index is 2.72. The van der Waals surface area contributed by atoms with Crippen molar-refractivity contribution in [3.8, 4) is 0 Å². The SMILES string of the molecule is Cc1cccc(CN(C)C(=O)N[C@H](C(=O)O)C(C)(C)C)c1. The molecule has 0 heterocycles. The largest absolute Gasteiger partial charge is 0.480 e. The molecule has 5 nitrogen and oxygen atoms in total. The first-order valence-corrected chi connectivity index (χ1v) is 6.91. The number of nitrogens with zero attached hydrogens (tertiary/aromatic N) is 1. The quantitative estimate of drug-likeness (QED) is 0.896. The lowest BCUT2D eigenvalue weighted by molar-refractivity contribution is -0.142. The number of hydrogen-bond acceptors (Lipinski definition) is 2. The van der Waals surface area contributed by atoms with Gasteiger partial charge in [-0.3, -0.25) is 0 Å². The molecule has 0 saturated carbocycles. The third kappa shape index (κ3) is 5.10. The highest BCUT2D eigenvalue weighted by molar-refractivity contribution is 5.83. The Labute approximate surface area is 126 Å². The molecule has 0 aliphatic carbocycles. The summed E-state index contributed by atoms with van der Waals surface area (Å²) in [6.45, 7) is 7.78. The highest BCUT2D eigenvalue weighted by Crippen LogP contribution is 2.19. The van der Waals surface area contributed by atoms with Gasteiger partial charge in [-0.25, -0.2) is 9.59 Å². The Morgan fingerprint density at radius 2 is 1.95 bits per heavy atom. The molecule has 1 atom stereocenters. The van der Waals surface area contributed by atoms with Crippen LogP contribution < -0.4 is 5.32 Å².